The van der Waals surface area contributed by atoms with Crippen LogP contribution in [0.15, 0.2) is 48.3 Å². The van der Waals surface area contributed by atoms with Crippen LogP contribution in [0, 0.1) is 0 Å². The van der Waals surface area contributed by atoms with Crippen LogP contribution in [0.2, 0.25) is 0 Å². The summed E-state index contributed by atoms with van der Waals surface area (Å²) in [5, 5.41) is 6.94. The van der Waals surface area contributed by atoms with Crippen molar-refractivity contribution in [1.29, 1.82) is 0 Å². The molecule has 0 saturated carbocycles. The number of rotatable bonds is 6. The molecule has 9 heteroatoms. The molecule has 1 aliphatic heterocycles. The van der Waals surface area contributed by atoms with Crippen LogP contribution in [0.25, 0.3) is 6.08 Å². The summed E-state index contributed by atoms with van der Waals surface area (Å²) in [6.45, 7) is 6.06. The Morgan fingerprint density at radius 2 is 2.15 bits per heavy atom. The third kappa shape index (κ3) is 5.43. The number of allylic oxidation sites excluding steroid dienone is 4. The Kier molecular flexibility index (Phi) is 7.41. The molecule has 2 amide bonds. The number of nitrogens with zero attached hydrogens (tertiary/aromatic N) is 4. The molecule has 1 aliphatic carbocycles. The minimum Gasteiger partial charge on any atom is -0.405 e. The normalized spacial score (nSPS) is 19.0. The average molecular weight is 466 g/mol. The van der Waals surface area contributed by atoms with Crippen molar-refractivity contribution in [1.82, 2.24) is 25.1 Å². The molecular formula is C24H31N7OS. The monoisotopic (exact) mass is 465 g/mol. The SMILES string of the molecule is C/C=C(\C=C/N)C1CC=Cc2nc(Nc3cc(CN4CCN(C(=O)NC)CC4)ccn3)sc21. The van der Waals surface area contributed by atoms with E-state index in [1.807, 2.05) is 30.2 Å². The second-order valence-corrected chi connectivity index (χ2v) is 9.13. The summed E-state index contributed by atoms with van der Waals surface area (Å²) < 4.78 is 0. The van der Waals surface area contributed by atoms with Crippen molar-refractivity contribution >= 4 is 34.4 Å². The Bertz CT molecular complexity index is 1070. The Morgan fingerprint density at radius 1 is 1.33 bits per heavy atom. The third-order valence-corrected chi connectivity index (χ3v) is 7.11. The average Bonchev–Trinajstić information content (AvgIpc) is 3.25. The third-order valence-electron chi connectivity index (χ3n) is 6.01. The number of nitrogens with one attached hydrogen (secondary N) is 2. The van der Waals surface area contributed by atoms with Gasteiger partial charge in [0.2, 0.25) is 0 Å². The van der Waals surface area contributed by atoms with Crippen molar-refractivity contribution in [3.05, 3.63) is 64.5 Å². The van der Waals surface area contributed by atoms with Gasteiger partial charge < -0.3 is 21.3 Å². The number of hydrogen-bond donors (Lipinski definition) is 3. The van der Waals surface area contributed by atoms with Crippen LogP contribution in [0.4, 0.5) is 15.7 Å². The van der Waals surface area contributed by atoms with Crippen LogP contribution >= 0.6 is 11.3 Å². The molecule has 1 fully saturated rings. The first-order valence-electron chi connectivity index (χ1n) is 11.2. The minimum absolute atomic E-state index is 0.00567. The van der Waals surface area contributed by atoms with E-state index in [1.54, 1.807) is 24.6 Å². The van der Waals surface area contributed by atoms with Gasteiger partial charge in [-0.3, -0.25) is 4.90 Å². The van der Waals surface area contributed by atoms with Crippen LogP contribution in [0.1, 0.15) is 35.4 Å². The number of aromatic nitrogens is 2. The fourth-order valence-electron chi connectivity index (χ4n) is 4.28. The Labute approximate surface area is 198 Å². The fourth-order valence-corrected chi connectivity index (χ4v) is 5.38. The lowest BCUT2D eigenvalue weighted by molar-refractivity contribution is 0.136. The van der Waals surface area contributed by atoms with E-state index in [-0.39, 0.29) is 11.9 Å². The van der Waals surface area contributed by atoms with Crippen molar-refractivity contribution in [3.63, 3.8) is 0 Å². The largest absolute Gasteiger partial charge is 0.405 e. The van der Waals surface area contributed by atoms with Crippen molar-refractivity contribution in [3.8, 4) is 0 Å². The predicted molar refractivity (Wildman–Crippen MR) is 134 cm³/mol. The molecule has 2 aromatic heterocycles. The first-order valence-corrected chi connectivity index (χ1v) is 12.1. The zero-order valence-corrected chi connectivity index (χ0v) is 19.9. The van der Waals surface area contributed by atoms with E-state index in [4.69, 9.17) is 10.7 Å². The van der Waals surface area contributed by atoms with Gasteiger partial charge >= 0.3 is 6.03 Å². The maximum atomic E-state index is 11.8. The van der Waals surface area contributed by atoms with E-state index in [1.165, 1.54) is 16.0 Å². The highest BCUT2D eigenvalue weighted by Gasteiger charge is 2.24. The smallest absolute Gasteiger partial charge is 0.317 e. The molecule has 3 heterocycles. The van der Waals surface area contributed by atoms with Crippen LogP contribution < -0.4 is 16.4 Å². The topological polar surface area (TPSA) is 99.4 Å². The molecule has 0 aromatic carbocycles. The molecule has 0 bridgehead atoms. The Balaban J connectivity index is 1.42. The maximum Gasteiger partial charge on any atom is 0.317 e. The van der Waals surface area contributed by atoms with Gasteiger partial charge in [0.25, 0.3) is 0 Å². The first kappa shape index (κ1) is 23.0. The summed E-state index contributed by atoms with van der Waals surface area (Å²) in [5.74, 6) is 1.06. The zero-order chi connectivity index (χ0) is 23.2. The van der Waals surface area contributed by atoms with E-state index < -0.39 is 0 Å². The number of carbonyl (C=O) groups excluding carboxylic acids is 1. The summed E-state index contributed by atoms with van der Waals surface area (Å²) in [7, 11) is 1.67. The molecule has 33 heavy (non-hydrogen) atoms. The van der Waals surface area contributed by atoms with E-state index in [2.05, 4.69) is 44.8 Å². The summed E-state index contributed by atoms with van der Waals surface area (Å²) in [4.78, 5) is 26.5. The molecule has 1 unspecified atom stereocenters. The molecule has 1 saturated heterocycles. The highest BCUT2D eigenvalue weighted by atomic mass is 32.1. The minimum atomic E-state index is -0.00567. The molecule has 1 atom stereocenters. The Hall–Kier alpha value is -3.17. The number of urea groups is 1. The highest BCUT2D eigenvalue weighted by Crippen LogP contribution is 2.41. The van der Waals surface area contributed by atoms with E-state index in [9.17, 15) is 4.79 Å². The molecule has 0 radical (unpaired) electrons. The molecule has 2 aromatic rings. The van der Waals surface area contributed by atoms with Gasteiger partial charge in [0.05, 0.1) is 5.69 Å². The number of hydrogen-bond acceptors (Lipinski definition) is 7. The standard InChI is InChI=1S/C24H31N7OS/c1-3-18(7-9-25)19-5-4-6-20-22(19)33-23(28-20)29-21-15-17(8-10-27-21)16-30-11-13-31(14-12-30)24(32)26-2/h3-4,6-10,15,19H,5,11-14,16,25H2,1-2H3,(H,26,32)(H,27,28,29)/b9-7-,18-3+. The number of piperazine rings is 1. The van der Waals surface area contributed by atoms with Crippen molar-refractivity contribution in [2.45, 2.75) is 25.8 Å². The summed E-state index contributed by atoms with van der Waals surface area (Å²) >= 11 is 1.67. The number of fused-ring (bicyclic) bond motifs is 1. The van der Waals surface area contributed by atoms with Crippen LogP contribution in [-0.4, -0.2) is 59.0 Å². The molecule has 2 aliphatic rings. The van der Waals surface area contributed by atoms with Crippen LogP contribution in [-0.2, 0) is 6.54 Å². The molecule has 0 spiro atoms. The lowest BCUT2D eigenvalue weighted by Crippen LogP contribution is -2.50. The molecular weight excluding hydrogens is 434 g/mol. The summed E-state index contributed by atoms with van der Waals surface area (Å²) in [6.07, 6.45) is 12.7. The van der Waals surface area contributed by atoms with E-state index in [0.29, 0.717) is 0 Å². The summed E-state index contributed by atoms with van der Waals surface area (Å²) in [6, 6.07) is 4.11. The van der Waals surface area contributed by atoms with Crippen LogP contribution in [0.3, 0.4) is 0 Å². The first-order chi connectivity index (χ1) is 16.1. The van der Waals surface area contributed by atoms with Gasteiger partial charge in [0, 0.05) is 56.8 Å². The predicted octanol–water partition coefficient (Wildman–Crippen LogP) is 3.66. The van der Waals surface area contributed by atoms with Gasteiger partial charge in [-0.2, -0.15) is 0 Å². The quantitative estimate of drug-likeness (QED) is 0.563. The second kappa shape index (κ2) is 10.6. The van der Waals surface area contributed by atoms with Gasteiger partial charge in [-0.15, -0.1) is 11.3 Å². The maximum absolute atomic E-state index is 11.8. The van der Waals surface area contributed by atoms with E-state index >= 15 is 0 Å². The van der Waals surface area contributed by atoms with Crippen molar-refractivity contribution < 1.29 is 4.79 Å². The van der Waals surface area contributed by atoms with Gasteiger partial charge in [0.1, 0.15) is 5.82 Å². The zero-order valence-electron chi connectivity index (χ0n) is 19.1. The number of anilines is 2. The van der Waals surface area contributed by atoms with Gasteiger partial charge in [-0.05, 0) is 55.0 Å². The van der Waals surface area contributed by atoms with Gasteiger partial charge in [-0.25, -0.2) is 14.8 Å². The van der Waals surface area contributed by atoms with Gasteiger partial charge in [0.15, 0.2) is 5.13 Å². The van der Waals surface area contributed by atoms with Crippen molar-refractivity contribution in [2.75, 3.05) is 38.5 Å². The molecule has 4 N–H and O–H groups in total. The lowest BCUT2D eigenvalue weighted by Gasteiger charge is -2.34. The summed E-state index contributed by atoms with van der Waals surface area (Å²) in [5.41, 5.74) is 9.05. The van der Waals surface area contributed by atoms with E-state index in [0.717, 1.165) is 55.8 Å². The van der Waals surface area contributed by atoms with Gasteiger partial charge in [-0.1, -0.05) is 12.2 Å². The number of nitrogens with two attached hydrogens (primary N) is 1. The number of carbonyl (C=O) groups is 1. The highest BCUT2D eigenvalue weighted by molar-refractivity contribution is 7.16. The van der Waals surface area contributed by atoms with Crippen molar-refractivity contribution in [2.24, 2.45) is 5.73 Å². The fraction of sp³-hybridized carbons (Fsp3) is 0.375. The second-order valence-electron chi connectivity index (χ2n) is 8.10. The number of pyridine rings is 1. The molecule has 8 nitrogen and oxygen atoms in total. The molecule has 4 rings (SSSR count). The van der Waals surface area contributed by atoms with Crippen LogP contribution in [0.5, 0.6) is 0 Å². The number of thiazole rings is 1. The number of amides is 2. The Morgan fingerprint density at radius 3 is 2.88 bits per heavy atom. The molecule has 174 valence electrons. The lowest BCUT2D eigenvalue weighted by atomic mass is 9.89.